The summed E-state index contributed by atoms with van der Waals surface area (Å²) in [4.78, 5) is 73.9. The van der Waals surface area contributed by atoms with Gasteiger partial charge in [-0.05, 0) is 84.0 Å². The van der Waals surface area contributed by atoms with Gasteiger partial charge in [0.25, 0.3) is 5.91 Å². The van der Waals surface area contributed by atoms with E-state index < -0.39 is 30.3 Å². The van der Waals surface area contributed by atoms with E-state index in [0.29, 0.717) is 49.8 Å². The van der Waals surface area contributed by atoms with Gasteiger partial charge < -0.3 is 49.3 Å². The van der Waals surface area contributed by atoms with Crippen molar-refractivity contribution in [1.29, 1.82) is 0 Å². The molecule has 0 saturated carbocycles. The average molecular weight is 897 g/mol. The zero-order valence-electron chi connectivity index (χ0n) is 38.1. The molecule has 2 saturated heterocycles. The first-order valence-electron chi connectivity index (χ1n) is 22.6. The molecule has 9 rings (SSSR count). The van der Waals surface area contributed by atoms with Crippen LogP contribution in [0.3, 0.4) is 0 Å². The maximum atomic E-state index is 14.4. The summed E-state index contributed by atoms with van der Waals surface area (Å²) in [5, 5.41) is 7.44. The highest BCUT2D eigenvalue weighted by Gasteiger charge is 2.43. The molecule has 1 unspecified atom stereocenters. The molecule has 5 heterocycles. The number of amides is 4. The van der Waals surface area contributed by atoms with Crippen LogP contribution in [0.2, 0.25) is 0 Å². The summed E-state index contributed by atoms with van der Waals surface area (Å²) in [6, 6.07) is 21.4. The van der Waals surface area contributed by atoms with E-state index in [1.54, 1.807) is 12.0 Å². The predicted molar refractivity (Wildman–Crippen MR) is 247 cm³/mol. The normalized spacial score (nSPS) is 20.3. The van der Waals surface area contributed by atoms with Gasteiger partial charge in [-0.2, -0.15) is 0 Å². The first-order chi connectivity index (χ1) is 32.0. The third-order valence-electron chi connectivity index (χ3n) is 13.7. The third kappa shape index (κ3) is 8.29. The number of hydrogen-bond donors (Lipinski definition) is 4. The molecule has 4 amide bonds. The molecule has 3 aliphatic heterocycles. The number of aromatic nitrogens is 4. The second kappa shape index (κ2) is 18.5. The van der Waals surface area contributed by atoms with Crippen LogP contribution in [0.4, 0.5) is 9.59 Å². The number of rotatable bonds is 12. The van der Waals surface area contributed by atoms with Gasteiger partial charge in [-0.15, -0.1) is 0 Å². The Morgan fingerprint density at radius 1 is 0.879 bits per heavy atom. The average Bonchev–Trinajstić information content (AvgIpc) is 4.17. The van der Waals surface area contributed by atoms with Crippen LogP contribution in [-0.4, -0.2) is 100 Å². The lowest BCUT2D eigenvalue weighted by molar-refractivity contribution is -0.137. The summed E-state index contributed by atoms with van der Waals surface area (Å²) in [6.07, 6.45) is 3.40. The minimum absolute atomic E-state index is 0.0242. The number of imidazole rings is 2. The first kappa shape index (κ1) is 44.3. The van der Waals surface area contributed by atoms with Gasteiger partial charge in [0, 0.05) is 36.6 Å². The van der Waals surface area contributed by atoms with E-state index in [4.69, 9.17) is 28.9 Å². The van der Waals surface area contributed by atoms with E-state index in [9.17, 15) is 19.2 Å². The minimum Gasteiger partial charge on any atom is -0.488 e. The Morgan fingerprint density at radius 2 is 1.67 bits per heavy atom. The highest BCUT2D eigenvalue weighted by atomic mass is 16.5. The standard InChI is InChI=1S/C50H56N8O8/c1-7-27(2)42(55-49(61)64-5)48(60)58-28(3)13-18-39(58)45-51-23-38(53-45)32-14-16-34-33(20-32)26-66-41-22-35-31(21-36(34)41)15-17-37-44(35)54-46(52-37)40-19-29(25-63-4)24-57(40)47(59)43(56-50(62)65-6)30-11-9-8-10-12-30/h8-12,14-17,20-23,27-29,39-40,42-43H,7,13,18-19,24-26H2,1-6H3,(H,51,53)(H,52,54)(H,55,61)(H,56,62)/t27-,28-,29-,39-,40?,42-,43+/m0/s1. The molecule has 4 N–H and O–H groups in total. The van der Waals surface area contributed by atoms with Crippen molar-refractivity contribution in [3.05, 3.63) is 102 Å². The van der Waals surface area contributed by atoms with Crippen molar-refractivity contribution in [3.8, 4) is 28.1 Å². The Kier molecular flexibility index (Phi) is 12.4. The Labute approximate surface area is 382 Å². The fraction of sp³-hybridized carbons (Fsp3) is 0.400. The Morgan fingerprint density at radius 3 is 2.42 bits per heavy atom. The summed E-state index contributed by atoms with van der Waals surface area (Å²) in [5.74, 6) is 1.68. The van der Waals surface area contributed by atoms with Crippen LogP contribution in [0.5, 0.6) is 5.75 Å². The van der Waals surface area contributed by atoms with Crippen molar-refractivity contribution in [2.24, 2.45) is 11.8 Å². The molecule has 0 radical (unpaired) electrons. The molecule has 0 spiro atoms. The highest BCUT2D eigenvalue weighted by Crippen LogP contribution is 2.44. The Balaban J connectivity index is 0.979. The van der Waals surface area contributed by atoms with E-state index in [0.717, 1.165) is 68.3 Å². The van der Waals surface area contributed by atoms with E-state index in [-0.39, 0.29) is 35.7 Å². The summed E-state index contributed by atoms with van der Waals surface area (Å²) in [7, 11) is 4.23. The van der Waals surface area contributed by atoms with Crippen LogP contribution in [-0.2, 0) is 30.4 Å². The minimum atomic E-state index is -0.956. The number of alkyl carbamates (subject to hydrolysis) is 2. The molecule has 16 nitrogen and oxygen atoms in total. The van der Waals surface area contributed by atoms with E-state index in [1.807, 2.05) is 68.3 Å². The second-order valence-electron chi connectivity index (χ2n) is 17.7. The van der Waals surface area contributed by atoms with Gasteiger partial charge in [-0.1, -0.05) is 68.8 Å². The number of ether oxygens (including phenoxy) is 4. The van der Waals surface area contributed by atoms with E-state index >= 15 is 0 Å². The first-order valence-corrected chi connectivity index (χ1v) is 22.6. The van der Waals surface area contributed by atoms with E-state index in [2.05, 4.69) is 57.0 Å². The van der Waals surface area contributed by atoms with Crippen molar-refractivity contribution >= 4 is 45.8 Å². The fourth-order valence-electron chi connectivity index (χ4n) is 9.99. The van der Waals surface area contributed by atoms with Gasteiger partial charge in [0.1, 0.15) is 36.1 Å². The molecule has 7 atom stereocenters. The Bertz CT molecular complexity index is 2790. The molecule has 16 heteroatoms. The molecule has 6 aromatic rings. The topological polar surface area (TPSA) is 193 Å². The second-order valence-corrected chi connectivity index (χ2v) is 17.7. The number of fused-ring (bicyclic) bond motifs is 6. The van der Waals surface area contributed by atoms with E-state index in [1.165, 1.54) is 14.2 Å². The molecule has 344 valence electrons. The molecule has 2 aromatic heterocycles. The number of methoxy groups -OCH3 is 3. The molecular formula is C50H56N8O8. The molecule has 66 heavy (non-hydrogen) atoms. The number of H-pyrrole nitrogens is 2. The van der Waals surface area contributed by atoms with Crippen LogP contribution >= 0.6 is 0 Å². The third-order valence-corrected chi connectivity index (χ3v) is 13.7. The quantitative estimate of drug-likeness (QED) is 0.0933. The van der Waals surface area contributed by atoms with Gasteiger partial charge in [-0.3, -0.25) is 9.59 Å². The zero-order chi connectivity index (χ0) is 46.2. The number of carbonyl (C=O) groups is 4. The molecule has 4 aromatic carbocycles. The lowest BCUT2D eigenvalue weighted by Gasteiger charge is -2.33. The number of nitrogens with zero attached hydrogens (tertiary/aromatic N) is 4. The smallest absolute Gasteiger partial charge is 0.407 e. The number of benzene rings is 4. The van der Waals surface area contributed by atoms with Crippen molar-refractivity contribution in [1.82, 2.24) is 40.4 Å². The van der Waals surface area contributed by atoms with Crippen LogP contribution in [0.15, 0.2) is 79.0 Å². The summed E-state index contributed by atoms with van der Waals surface area (Å²) >= 11 is 0. The van der Waals surface area contributed by atoms with Crippen molar-refractivity contribution < 1.29 is 38.1 Å². The maximum Gasteiger partial charge on any atom is 0.407 e. The van der Waals surface area contributed by atoms with Crippen molar-refractivity contribution in [3.63, 3.8) is 0 Å². The highest BCUT2D eigenvalue weighted by molar-refractivity contribution is 6.07. The van der Waals surface area contributed by atoms with Crippen LogP contribution in [0, 0.1) is 11.8 Å². The van der Waals surface area contributed by atoms with Gasteiger partial charge in [0.15, 0.2) is 0 Å². The van der Waals surface area contributed by atoms with Gasteiger partial charge in [0.2, 0.25) is 5.91 Å². The molecule has 2 fully saturated rings. The molecule has 0 aliphatic carbocycles. The fourth-order valence-corrected chi connectivity index (χ4v) is 9.99. The monoisotopic (exact) mass is 896 g/mol. The maximum absolute atomic E-state index is 14.4. The summed E-state index contributed by atoms with van der Waals surface area (Å²) in [6.45, 7) is 7.26. The Hall–Kier alpha value is -6.94. The van der Waals surface area contributed by atoms with Crippen LogP contribution in [0.1, 0.15) is 87.4 Å². The van der Waals surface area contributed by atoms with Crippen molar-refractivity contribution in [2.45, 2.75) is 83.3 Å². The predicted octanol–water partition coefficient (Wildman–Crippen LogP) is 8.12. The lowest BCUT2D eigenvalue weighted by atomic mass is 9.92. The SMILES string of the molecule is CC[C@H](C)[C@H](NC(=O)OC)C(=O)N1[C@@H](C)CC[C@H]1c1ncc(-c2ccc3c(c2)COc2cc4c(ccc5[nH]c(C6C[C@H](COC)CN6C(=O)[C@H](NC(=O)OC)c6ccccc6)nc54)cc2-3)[nH]1. The number of aromatic amines is 2. The number of carbonyl (C=O) groups excluding carboxylic acids is 4. The molecular weight excluding hydrogens is 841 g/mol. The molecule has 0 bridgehead atoms. The number of nitrogens with one attached hydrogen (secondary N) is 4. The van der Waals surface area contributed by atoms with Crippen LogP contribution in [0.25, 0.3) is 44.2 Å². The van der Waals surface area contributed by atoms with Crippen LogP contribution < -0.4 is 15.4 Å². The summed E-state index contributed by atoms with van der Waals surface area (Å²) in [5.41, 5.74) is 7.10. The van der Waals surface area contributed by atoms with Crippen molar-refractivity contribution in [2.75, 3.05) is 34.5 Å². The number of likely N-dealkylation sites (tertiary alicyclic amines) is 2. The number of hydrogen-bond acceptors (Lipinski definition) is 10. The zero-order valence-corrected chi connectivity index (χ0v) is 38.1. The van der Waals surface area contributed by atoms with Gasteiger partial charge in [-0.25, -0.2) is 19.6 Å². The van der Waals surface area contributed by atoms with Gasteiger partial charge in [0.05, 0.1) is 55.8 Å². The lowest BCUT2D eigenvalue weighted by Crippen LogP contribution is -2.53. The molecule has 3 aliphatic rings. The summed E-state index contributed by atoms with van der Waals surface area (Å²) < 4.78 is 21.8. The largest absolute Gasteiger partial charge is 0.488 e. The van der Waals surface area contributed by atoms with Gasteiger partial charge >= 0.3 is 12.2 Å².